The van der Waals surface area contributed by atoms with Crippen molar-refractivity contribution in [2.24, 2.45) is 0 Å². The summed E-state index contributed by atoms with van der Waals surface area (Å²) in [5, 5.41) is 11.7. The Morgan fingerprint density at radius 3 is 2.39 bits per heavy atom. The minimum absolute atomic E-state index is 0.0965. The van der Waals surface area contributed by atoms with Gasteiger partial charge in [-0.25, -0.2) is 9.59 Å². The largest absolute Gasteiger partial charge is 0.493 e. The number of amides is 1. The van der Waals surface area contributed by atoms with E-state index in [0.29, 0.717) is 16.9 Å². The van der Waals surface area contributed by atoms with Crippen molar-refractivity contribution in [3.63, 3.8) is 0 Å². The summed E-state index contributed by atoms with van der Waals surface area (Å²) in [5.74, 6) is -1.23. The van der Waals surface area contributed by atoms with E-state index in [2.05, 4.69) is 5.32 Å². The van der Waals surface area contributed by atoms with Gasteiger partial charge in [0.2, 0.25) is 0 Å². The Hall–Kier alpha value is -3.58. The molecular weight excluding hydrogens is 424 g/mol. The van der Waals surface area contributed by atoms with Gasteiger partial charge in [-0.15, -0.1) is 11.3 Å². The second-order valence-electron chi connectivity index (χ2n) is 6.02. The first kappa shape index (κ1) is 23.7. The molecule has 0 aliphatic heterocycles. The predicted molar refractivity (Wildman–Crippen MR) is 113 cm³/mol. The second kappa shape index (κ2) is 11.0. The van der Waals surface area contributed by atoms with Crippen LogP contribution < -0.4 is 14.8 Å². The summed E-state index contributed by atoms with van der Waals surface area (Å²) in [6, 6.07) is 6.52. The van der Waals surface area contributed by atoms with Gasteiger partial charge in [-0.1, -0.05) is 0 Å². The Morgan fingerprint density at radius 1 is 1.10 bits per heavy atom. The van der Waals surface area contributed by atoms with Crippen LogP contribution in [0.5, 0.6) is 11.5 Å². The highest BCUT2D eigenvalue weighted by Crippen LogP contribution is 2.34. The number of anilines is 1. The quantitative estimate of drug-likeness (QED) is 0.582. The van der Waals surface area contributed by atoms with E-state index in [9.17, 15) is 14.4 Å². The topological polar surface area (TPSA) is 124 Å². The predicted octanol–water partition coefficient (Wildman–Crippen LogP) is 3.31. The van der Waals surface area contributed by atoms with Crippen molar-refractivity contribution in [3.8, 4) is 17.6 Å². The minimum atomic E-state index is -0.656. The number of methoxy groups -OCH3 is 1. The number of nitriles is 1. The summed E-state index contributed by atoms with van der Waals surface area (Å²) in [4.78, 5) is 37.3. The number of benzene rings is 1. The van der Waals surface area contributed by atoms with Gasteiger partial charge in [0.25, 0.3) is 5.91 Å². The van der Waals surface area contributed by atoms with Gasteiger partial charge in [0.05, 0.1) is 37.5 Å². The molecule has 0 aliphatic carbocycles. The van der Waals surface area contributed by atoms with E-state index >= 15 is 0 Å². The van der Waals surface area contributed by atoms with Crippen LogP contribution in [0.25, 0.3) is 0 Å². The molecule has 0 bridgehead atoms. The Labute approximate surface area is 183 Å². The Balaban J connectivity index is 2.22. The fourth-order valence-electron chi connectivity index (χ4n) is 2.60. The molecule has 31 heavy (non-hydrogen) atoms. The van der Waals surface area contributed by atoms with Gasteiger partial charge in [0.1, 0.15) is 9.88 Å². The van der Waals surface area contributed by atoms with Crippen LogP contribution in [0.3, 0.4) is 0 Å². The standard InChI is InChI=1S/C21H22N2O7S/c1-5-28-20(25)17-12(3)18(21(26)29-6-2)31-19(17)23-16(24)11-30-14-8-7-13(10-22)9-15(14)27-4/h7-9H,5-6,11H2,1-4H3,(H,23,24). The Kier molecular flexibility index (Phi) is 8.40. The van der Waals surface area contributed by atoms with Crippen molar-refractivity contribution in [2.45, 2.75) is 20.8 Å². The Bertz CT molecular complexity index is 1020. The zero-order valence-corrected chi connectivity index (χ0v) is 18.4. The number of carbonyl (C=O) groups excluding carboxylic acids is 3. The average Bonchev–Trinajstić information content (AvgIpc) is 3.08. The van der Waals surface area contributed by atoms with E-state index in [1.54, 1.807) is 20.8 Å². The molecule has 1 aromatic heterocycles. The van der Waals surface area contributed by atoms with Crippen LogP contribution in [0.1, 0.15) is 45.0 Å². The number of esters is 2. The summed E-state index contributed by atoms with van der Waals surface area (Å²) in [7, 11) is 1.42. The van der Waals surface area contributed by atoms with Crippen molar-refractivity contribution in [3.05, 3.63) is 39.8 Å². The summed E-state index contributed by atoms with van der Waals surface area (Å²) >= 11 is 0.927. The third kappa shape index (κ3) is 5.73. The zero-order chi connectivity index (χ0) is 23.0. The maximum atomic E-state index is 12.5. The zero-order valence-electron chi connectivity index (χ0n) is 17.6. The molecular formula is C21H22N2O7S. The number of ether oxygens (including phenoxy) is 4. The lowest BCUT2D eigenvalue weighted by molar-refractivity contribution is -0.118. The van der Waals surface area contributed by atoms with Crippen LogP contribution in [0.15, 0.2) is 18.2 Å². The molecule has 9 nitrogen and oxygen atoms in total. The molecule has 1 N–H and O–H groups in total. The SMILES string of the molecule is CCOC(=O)c1sc(NC(=O)COc2ccc(C#N)cc2OC)c(C(=O)OCC)c1C. The first-order valence-electron chi connectivity index (χ1n) is 9.34. The van der Waals surface area contributed by atoms with Gasteiger partial charge in [0.15, 0.2) is 18.1 Å². The van der Waals surface area contributed by atoms with Crippen molar-refractivity contribution in [1.82, 2.24) is 0 Å². The molecule has 1 amide bonds. The van der Waals surface area contributed by atoms with E-state index in [1.165, 1.54) is 25.3 Å². The lowest BCUT2D eigenvalue weighted by atomic mass is 10.1. The minimum Gasteiger partial charge on any atom is -0.493 e. The molecule has 10 heteroatoms. The number of carbonyl (C=O) groups is 3. The number of hydrogen-bond acceptors (Lipinski definition) is 9. The lowest BCUT2D eigenvalue weighted by Gasteiger charge is -2.11. The number of rotatable bonds is 9. The van der Waals surface area contributed by atoms with Crippen molar-refractivity contribution >= 4 is 34.2 Å². The lowest BCUT2D eigenvalue weighted by Crippen LogP contribution is -2.21. The van der Waals surface area contributed by atoms with E-state index in [4.69, 9.17) is 24.2 Å². The fourth-order valence-corrected chi connectivity index (χ4v) is 3.71. The number of thiophene rings is 1. The summed E-state index contributed by atoms with van der Waals surface area (Å²) in [6.45, 7) is 4.83. The Morgan fingerprint density at radius 2 is 1.77 bits per heavy atom. The summed E-state index contributed by atoms with van der Waals surface area (Å²) in [6.07, 6.45) is 0. The maximum absolute atomic E-state index is 12.5. The molecule has 0 radical (unpaired) electrons. The molecule has 0 unspecified atom stereocenters. The molecule has 1 heterocycles. The first-order chi connectivity index (χ1) is 14.9. The molecule has 2 aromatic rings. The van der Waals surface area contributed by atoms with Gasteiger partial charge < -0.3 is 24.3 Å². The summed E-state index contributed by atoms with van der Waals surface area (Å²) in [5.41, 5.74) is 0.847. The molecule has 0 spiro atoms. The molecule has 2 rings (SSSR count). The maximum Gasteiger partial charge on any atom is 0.348 e. The smallest absolute Gasteiger partial charge is 0.348 e. The number of nitrogens with zero attached hydrogens (tertiary/aromatic N) is 1. The van der Waals surface area contributed by atoms with Crippen molar-refractivity contribution < 1.29 is 33.3 Å². The van der Waals surface area contributed by atoms with Crippen LogP contribution in [0.4, 0.5) is 5.00 Å². The van der Waals surface area contributed by atoms with Gasteiger partial charge in [0, 0.05) is 6.07 Å². The highest BCUT2D eigenvalue weighted by atomic mass is 32.1. The average molecular weight is 446 g/mol. The highest BCUT2D eigenvalue weighted by molar-refractivity contribution is 7.18. The fraction of sp³-hybridized carbons (Fsp3) is 0.333. The van der Waals surface area contributed by atoms with Gasteiger partial charge in [-0.2, -0.15) is 5.26 Å². The summed E-state index contributed by atoms with van der Waals surface area (Å²) < 4.78 is 20.7. The second-order valence-corrected chi connectivity index (χ2v) is 7.04. The van der Waals surface area contributed by atoms with E-state index in [1.807, 2.05) is 6.07 Å². The van der Waals surface area contributed by atoms with Gasteiger partial charge in [-0.05, 0) is 38.5 Å². The van der Waals surface area contributed by atoms with Crippen LogP contribution in [0.2, 0.25) is 0 Å². The third-order valence-corrected chi connectivity index (χ3v) is 5.18. The van der Waals surface area contributed by atoms with E-state index < -0.39 is 24.5 Å². The normalized spacial score (nSPS) is 10.0. The highest BCUT2D eigenvalue weighted by Gasteiger charge is 2.27. The van der Waals surface area contributed by atoms with E-state index in [-0.39, 0.29) is 34.4 Å². The van der Waals surface area contributed by atoms with Crippen molar-refractivity contribution in [1.29, 1.82) is 5.26 Å². The molecule has 1 aromatic carbocycles. The molecule has 0 atom stereocenters. The number of nitrogens with one attached hydrogen (secondary N) is 1. The van der Waals surface area contributed by atoms with Crippen LogP contribution in [0, 0.1) is 18.3 Å². The van der Waals surface area contributed by atoms with Crippen molar-refractivity contribution in [2.75, 3.05) is 32.2 Å². The first-order valence-corrected chi connectivity index (χ1v) is 10.2. The molecule has 0 aliphatic rings. The van der Waals surface area contributed by atoms with Gasteiger partial charge >= 0.3 is 11.9 Å². The third-order valence-electron chi connectivity index (χ3n) is 3.99. The molecule has 0 saturated carbocycles. The number of hydrogen-bond donors (Lipinski definition) is 1. The van der Waals surface area contributed by atoms with Crippen LogP contribution in [-0.4, -0.2) is 44.8 Å². The van der Waals surface area contributed by atoms with Crippen LogP contribution >= 0.6 is 11.3 Å². The molecule has 0 saturated heterocycles. The van der Waals surface area contributed by atoms with E-state index in [0.717, 1.165) is 11.3 Å². The van der Waals surface area contributed by atoms with Crippen LogP contribution in [-0.2, 0) is 14.3 Å². The molecule has 164 valence electrons. The van der Waals surface area contributed by atoms with Gasteiger partial charge in [-0.3, -0.25) is 4.79 Å². The monoisotopic (exact) mass is 446 g/mol. The molecule has 0 fully saturated rings.